The van der Waals surface area contributed by atoms with Crippen molar-refractivity contribution >= 4 is 0 Å². The minimum absolute atomic E-state index is 0.341. The highest BCUT2D eigenvalue weighted by Crippen LogP contribution is 2.38. The fraction of sp³-hybridized carbons (Fsp3) is 0.571. The molecule has 1 aromatic carbocycles. The SMILES string of the molecule is CC[C@H]1CN(C)CC[C@]1(O)c1ccccc1. The Morgan fingerprint density at radius 2 is 2.06 bits per heavy atom. The monoisotopic (exact) mass is 219 g/mol. The third kappa shape index (κ3) is 2.00. The maximum absolute atomic E-state index is 10.9. The van der Waals surface area contributed by atoms with Crippen LogP contribution >= 0.6 is 0 Å². The quantitative estimate of drug-likeness (QED) is 0.824. The van der Waals surface area contributed by atoms with Gasteiger partial charge in [0, 0.05) is 19.0 Å². The van der Waals surface area contributed by atoms with Crippen LogP contribution in [0.15, 0.2) is 30.3 Å². The number of nitrogens with zero attached hydrogens (tertiary/aromatic N) is 1. The van der Waals surface area contributed by atoms with Crippen LogP contribution in [0.3, 0.4) is 0 Å². The van der Waals surface area contributed by atoms with Crippen LogP contribution in [0, 0.1) is 5.92 Å². The fourth-order valence-corrected chi connectivity index (χ4v) is 2.76. The summed E-state index contributed by atoms with van der Waals surface area (Å²) >= 11 is 0. The molecule has 16 heavy (non-hydrogen) atoms. The van der Waals surface area contributed by atoms with Gasteiger partial charge in [0.05, 0.1) is 5.60 Å². The average molecular weight is 219 g/mol. The van der Waals surface area contributed by atoms with Crippen LogP contribution in [-0.4, -0.2) is 30.1 Å². The number of aliphatic hydroxyl groups is 1. The first-order valence-electron chi connectivity index (χ1n) is 6.13. The average Bonchev–Trinajstić information content (AvgIpc) is 2.33. The number of hydrogen-bond donors (Lipinski definition) is 1. The topological polar surface area (TPSA) is 23.5 Å². The van der Waals surface area contributed by atoms with Gasteiger partial charge in [0.15, 0.2) is 0 Å². The lowest BCUT2D eigenvalue weighted by Gasteiger charge is -2.43. The normalized spacial score (nSPS) is 31.6. The molecule has 0 amide bonds. The number of likely N-dealkylation sites (tertiary alicyclic amines) is 1. The van der Waals surface area contributed by atoms with E-state index in [2.05, 4.69) is 18.9 Å². The molecule has 1 fully saturated rings. The van der Waals surface area contributed by atoms with Crippen molar-refractivity contribution in [3.8, 4) is 0 Å². The predicted octanol–water partition coefficient (Wildman–Crippen LogP) is 2.24. The highest BCUT2D eigenvalue weighted by atomic mass is 16.3. The van der Waals surface area contributed by atoms with Gasteiger partial charge in [0.1, 0.15) is 0 Å². The summed E-state index contributed by atoms with van der Waals surface area (Å²) in [5.74, 6) is 0.341. The molecule has 0 aliphatic carbocycles. The van der Waals surface area contributed by atoms with Crippen molar-refractivity contribution in [2.45, 2.75) is 25.4 Å². The summed E-state index contributed by atoms with van der Waals surface area (Å²) in [5, 5.41) is 10.9. The van der Waals surface area contributed by atoms with E-state index in [4.69, 9.17) is 0 Å². The van der Waals surface area contributed by atoms with E-state index in [-0.39, 0.29) is 0 Å². The second-order valence-corrected chi connectivity index (χ2v) is 4.91. The first-order chi connectivity index (χ1) is 7.66. The van der Waals surface area contributed by atoms with E-state index in [9.17, 15) is 5.11 Å². The van der Waals surface area contributed by atoms with E-state index in [0.717, 1.165) is 31.5 Å². The minimum Gasteiger partial charge on any atom is -0.385 e. The molecular formula is C14H21NO. The largest absolute Gasteiger partial charge is 0.385 e. The molecule has 1 aliphatic heterocycles. The van der Waals surface area contributed by atoms with E-state index in [1.807, 2.05) is 30.3 Å². The smallest absolute Gasteiger partial charge is 0.0948 e. The third-order valence-corrected chi connectivity index (χ3v) is 3.85. The summed E-state index contributed by atoms with van der Waals surface area (Å²) in [6, 6.07) is 10.1. The van der Waals surface area contributed by atoms with Gasteiger partial charge in [0.25, 0.3) is 0 Å². The van der Waals surface area contributed by atoms with Gasteiger partial charge in [-0.2, -0.15) is 0 Å². The number of benzene rings is 1. The molecule has 0 unspecified atom stereocenters. The highest BCUT2D eigenvalue weighted by Gasteiger charge is 2.40. The van der Waals surface area contributed by atoms with Gasteiger partial charge in [0.2, 0.25) is 0 Å². The predicted molar refractivity (Wildman–Crippen MR) is 66.2 cm³/mol. The van der Waals surface area contributed by atoms with Crippen LogP contribution in [0.2, 0.25) is 0 Å². The molecule has 2 nitrogen and oxygen atoms in total. The highest BCUT2D eigenvalue weighted by molar-refractivity contribution is 5.24. The Labute approximate surface area is 97.9 Å². The van der Waals surface area contributed by atoms with Crippen molar-refractivity contribution in [2.24, 2.45) is 5.92 Å². The van der Waals surface area contributed by atoms with E-state index >= 15 is 0 Å². The summed E-state index contributed by atoms with van der Waals surface area (Å²) in [5.41, 5.74) is 0.456. The summed E-state index contributed by atoms with van der Waals surface area (Å²) in [6.07, 6.45) is 1.86. The zero-order valence-corrected chi connectivity index (χ0v) is 10.2. The summed E-state index contributed by atoms with van der Waals surface area (Å²) in [4.78, 5) is 2.31. The third-order valence-electron chi connectivity index (χ3n) is 3.85. The Morgan fingerprint density at radius 1 is 1.38 bits per heavy atom. The minimum atomic E-state index is -0.622. The summed E-state index contributed by atoms with van der Waals surface area (Å²) < 4.78 is 0. The molecule has 88 valence electrons. The molecule has 0 spiro atoms. The lowest BCUT2D eigenvalue weighted by Crippen LogP contribution is -2.48. The van der Waals surface area contributed by atoms with Crippen molar-refractivity contribution < 1.29 is 5.11 Å². The van der Waals surface area contributed by atoms with Crippen molar-refractivity contribution in [2.75, 3.05) is 20.1 Å². The molecule has 1 aliphatic rings. The van der Waals surface area contributed by atoms with E-state index in [1.165, 1.54) is 0 Å². The van der Waals surface area contributed by atoms with Crippen LogP contribution in [0.1, 0.15) is 25.3 Å². The van der Waals surface area contributed by atoms with Crippen molar-refractivity contribution in [1.29, 1.82) is 0 Å². The maximum atomic E-state index is 10.9. The lowest BCUT2D eigenvalue weighted by atomic mass is 9.75. The van der Waals surface area contributed by atoms with E-state index < -0.39 is 5.60 Å². The Bertz CT molecular complexity index is 338. The summed E-state index contributed by atoms with van der Waals surface area (Å²) in [7, 11) is 2.13. The molecule has 1 N–H and O–H groups in total. The molecule has 0 radical (unpaired) electrons. The Kier molecular flexibility index (Phi) is 3.31. The van der Waals surface area contributed by atoms with Gasteiger partial charge in [-0.25, -0.2) is 0 Å². The molecule has 2 atom stereocenters. The fourth-order valence-electron chi connectivity index (χ4n) is 2.76. The number of rotatable bonds is 2. The van der Waals surface area contributed by atoms with E-state index in [0.29, 0.717) is 5.92 Å². The number of piperidine rings is 1. The Morgan fingerprint density at radius 3 is 2.69 bits per heavy atom. The van der Waals surface area contributed by atoms with Gasteiger partial charge in [-0.15, -0.1) is 0 Å². The van der Waals surface area contributed by atoms with Crippen molar-refractivity contribution in [3.63, 3.8) is 0 Å². The van der Waals surface area contributed by atoms with Gasteiger partial charge >= 0.3 is 0 Å². The Balaban J connectivity index is 2.29. The molecule has 2 rings (SSSR count). The molecule has 0 bridgehead atoms. The molecule has 1 aromatic rings. The molecular weight excluding hydrogens is 198 g/mol. The second-order valence-electron chi connectivity index (χ2n) is 4.91. The van der Waals surface area contributed by atoms with Gasteiger partial charge in [-0.05, 0) is 25.5 Å². The van der Waals surface area contributed by atoms with Gasteiger partial charge < -0.3 is 10.0 Å². The van der Waals surface area contributed by atoms with Crippen molar-refractivity contribution in [1.82, 2.24) is 4.90 Å². The maximum Gasteiger partial charge on any atom is 0.0948 e. The zero-order chi connectivity index (χ0) is 11.6. The second kappa shape index (κ2) is 4.56. The van der Waals surface area contributed by atoms with Crippen LogP contribution in [0.25, 0.3) is 0 Å². The summed E-state index contributed by atoms with van der Waals surface area (Å²) in [6.45, 7) is 4.13. The standard InChI is InChI=1S/C14H21NO/c1-3-12-11-15(2)10-9-14(12,16)13-7-5-4-6-8-13/h4-8,12,16H,3,9-11H2,1-2H3/t12-,14+/m0/s1. The molecule has 1 heterocycles. The van der Waals surface area contributed by atoms with Gasteiger partial charge in [-0.3, -0.25) is 0 Å². The van der Waals surface area contributed by atoms with Crippen LogP contribution in [-0.2, 0) is 5.60 Å². The molecule has 2 heteroatoms. The van der Waals surface area contributed by atoms with Gasteiger partial charge in [-0.1, -0.05) is 37.3 Å². The molecule has 0 aromatic heterocycles. The van der Waals surface area contributed by atoms with Crippen LogP contribution < -0.4 is 0 Å². The molecule has 0 saturated carbocycles. The Hall–Kier alpha value is -0.860. The van der Waals surface area contributed by atoms with Crippen LogP contribution in [0.5, 0.6) is 0 Å². The first-order valence-corrected chi connectivity index (χ1v) is 6.13. The van der Waals surface area contributed by atoms with Crippen LogP contribution in [0.4, 0.5) is 0 Å². The van der Waals surface area contributed by atoms with E-state index in [1.54, 1.807) is 0 Å². The zero-order valence-electron chi connectivity index (χ0n) is 10.2. The molecule has 1 saturated heterocycles. The number of hydrogen-bond acceptors (Lipinski definition) is 2. The van der Waals surface area contributed by atoms with Crippen molar-refractivity contribution in [3.05, 3.63) is 35.9 Å². The first kappa shape index (κ1) is 11.6. The lowest BCUT2D eigenvalue weighted by molar-refractivity contribution is -0.0743.